The van der Waals surface area contributed by atoms with E-state index in [1.807, 2.05) is 19.1 Å². The highest BCUT2D eigenvalue weighted by molar-refractivity contribution is 5.67. The molecule has 11 nitrogen and oxygen atoms in total. The number of methoxy groups -OCH3 is 1. The van der Waals surface area contributed by atoms with Gasteiger partial charge >= 0.3 is 0 Å². The first kappa shape index (κ1) is 20.8. The van der Waals surface area contributed by atoms with Gasteiger partial charge in [0.25, 0.3) is 5.88 Å². The summed E-state index contributed by atoms with van der Waals surface area (Å²) in [6, 6.07) is 7.54. The van der Waals surface area contributed by atoms with Crippen molar-refractivity contribution < 1.29 is 9.47 Å². The zero-order valence-electron chi connectivity index (χ0n) is 17.8. The van der Waals surface area contributed by atoms with E-state index in [0.717, 1.165) is 11.1 Å². The molecule has 11 heteroatoms. The number of nitriles is 1. The van der Waals surface area contributed by atoms with Crippen molar-refractivity contribution in [1.82, 2.24) is 34.5 Å². The standard InChI is InChI=1S/C21H21N9O2/c1-14(10-30-13-23-12-26-30)32-19-6-15(4-5-16(19)7-22)17-8-24-21(25-9-17)27-18-11-29(2)28-20(18)31-3/h4-6,8-9,11-14H,10H2,1-3H3,(H,24,25,27)/t14-/m0/s1. The lowest BCUT2D eigenvalue weighted by Gasteiger charge is -2.16. The smallest absolute Gasteiger partial charge is 0.256 e. The Labute approximate surface area is 184 Å². The SMILES string of the molecule is COc1nn(C)cc1Nc1ncc(-c2ccc(C#N)c(O[C@@H](C)Cn3cncn3)c2)cn1. The Hall–Kier alpha value is -4.46. The lowest BCUT2D eigenvalue weighted by Crippen LogP contribution is -2.20. The highest BCUT2D eigenvalue weighted by Crippen LogP contribution is 2.28. The van der Waals surface area contributed by atoms with Gasteiger partial charge in [0.2, 0.25) is 5.95 Å². The van der Waals surface area contributed by atoms with Crippen molar-refractivity contribution in [3.05, 3.63) is 55.0 Å². The van der Waals surface area contributed by atoms with Crippen molar-refractivity contribution >= 4 is 11.6 Å². The highest BCUT2D eigenvalue weighted by atomic mass is 16.5. The Morgan fingerprint density at radius 3 is 2.72 bits per heavy atom. The molecule has 4 rings (SSSR count). The minimum Gasteiger partial charge on any atom is -0.487 e. The number of hydrogen-bond acceptors (Lipinski definition) is 9. The molecule has 1 N–H and O–H groups in total. The van der Waals surface area contributed by atoms with Crippen molar-refractivity contribution in [3.8, 4) is 28.8 Å². The summed E-state index contributed by atoms with van der Waals surface area (Å²) in [5.74, 6) is 1.35. The van der Waals surface area contributed by atoms with E-state index >= 15 is 0 Å². The van der Waals surface area contributed by atoms with Gasteiger partial charge in [0, 0.05) is 25.0 Å². The van der Waals surface area contributed by atoms with Gasteiger partial charge in [0.1, 0.15) is 36.3 Å². The summed E-state index contributed by atoms with van der Waals surface area (Å²) < 4.78 is 14.6. The second-order valence-electron chi connectivity index (χ2n) is 7.01. The van der Waals surface area contributed by atoms with E-state index in [0.29, 0.717) is 35.4 Å². The third-order valence-corrected chi connectivity index (χ3v) is 4.56. The molecule has 0 bridgehead atoms. The fourth-order valence-electron chi connectivity index (χ4n) is 3.10. The van der Waals surface area contributed by atoms with Crippen molar-refractivity contribution in [2.45, 2.75) is 19.6 Å². The molecule has 32 heavy (non-hydrogen) atoms. The topological polar surface area (TPSA) is 129 Å². The quantitative estimate of drug-likeness (QED) is 0.447. The van der Waals surface area contributed by atoms with Crippen molar-refractivity contribution in [3.63, 3.8) is 0 Å². The summed E-state index contributed by atoms with van der Waals surface area (Å²) in [7, 11) is 3.35. The number of aromatic nitrogens is 7. The molecule has 162 valence electrons. The van der Waals surface area contributed by atoms with Gasteiger partial charge in [-0.1, -0.05) is 6.07 Å². The molecule has 4 aromatic rings. The van der Waals surface area contributed by atoms with Crippen molar-refractivity contribution in [1.29, 1.82) is 5.26 Å². The number of nitrogens with zero attached hydrogens (tertiary/aromatic N) is 8. The lowest BCUT2D eigenvalue weighted by molar-refractivity contribution is 0.193. The first-order valence-electron chi connectivity index (χ1n) is 9.76. The third kappa shape index (κ3) is 4.65. The summed E-state index contributed by atoms with van der Waals surface area (Å²) in [6.07, 6.45) is 8.05. The molecule has 1 aromatic carbocycles. The van der Waals surface area contributed by atoms with E-state index < -0.39 is 0 Å². The van der Waals surface area contributed by atoms with Crippen molar-refractivity contribution in [2.75, 3.05) is 12.4 Å². The molecule has 0 saturated carbocycles. The molecule has 0 aliphatic carbocycles. The zero-order chi connectivity index (χ0) is 22.5. The van der Waals surface area contributed by atoms with Gasteiger partial charge in [-0.05, 0) is 24.6 Å². The minimum absolute atomic E-state index is 0.212. The predicted molar refractivity (Wildman–Crippen MR) is 115 cm³/mol. The number of rotatable bonds is 8. The minimum atomic E-state index is -0.212. The normalized spacial score (nSPS) is 11.6. The van der Waals surface area contributed by atoms with Crippen LogP contribution in [0.4, 0.5) is 11.6 Å². The molecule has 0 amide bonds. The predicted octanol–water partition coefficient (Wildman–Crippen LogP) is 2.56. The largest absolute Gasteiger partial charge is 0.487 e. The maximum Gasteiger partial charge on any atom is 0.256 e. The Balaban J connectivity index is 1.51. The number of aryl methyl sites for hydroxylation is 1. The number of nitrogens with one attached hydrogen (secondary N) is 1. The van der Waals surface area contributed by atoms with Crippen LogP contribution < -0.4 is 14.8 Å². The van der Waals surface area contributed by atoms with Gasteiger partial charge in [-0.25, -0.2) is 19.6 Å². The molecule has 0 saturated heterocycles. The fraction of sp³-hybridized carbons (Fsp3) is 0.238. The van der Waals surface area contributed by atoms with Gasteiger partial charge in [0.15, 0.2) is 0 Å². The van der Waals surface area contributed by atoms with Crippen LogP contribution in [-0.4, -0.2) is 47.7 Å². The van der Waals surface area contributed by atoms with Crippen LogP contribution >= 0.6 is 0 Å². The second kappa shape index (κ2) is 9.13. The Morgan fingerprint density at radius 2 is 2.03 bits per heavy atom. The van der Waals surface area contributed by atoms with E-state index in [1.54, 1.807) is 54.5 Å². The molecular weight excluding hydrogens is 410 g/mol. The van der Waals surface area contributed by atoms with Crippen LogP contribution in [-0.2, 0) is 13.6 Å². The first-order chi connectivity index (χ1) is 15.6. The van der Waals surface area contributed by atoms with Gasteiger partial charge in [0.05, 0.1) is 25.4 Å². The van der Waals surface area contributed by atoms with Crippen LogP contribution in [0.2, 0.25) is 0 Å². The Morgan fingerprint density at radius 1 is 1.22 bits per heavy atom. The summed E-state index contributed by atoms with van der Waals surface area (Å²) in [4.78, 5) is 12.7. The first-order valence-corrected chi connectivity index (χ1v) is 9.76. The zero-order valence-corrected chi connectivity index (χ0v) is 17.8. The third-order valence-electron chi connectivity index (χ3n) is 4.56. The number of benzene rings is 1. The maximum absolute atomic E-state index is 9.46. The van der Waals surface area contributed by atoms with Crippen LogP contribution in [0.15, 0.2) is 49.4 Å². The van der Waals surface area contributed by atoms with Gasteiger partial charge in [-0.3, -0.25) is 4.68 Å². The van der Waals surface area contributed by atoms with Crippen LogP contribution in [0.1, 0.15) is 12.5 Å². The van der Waals surface area contributed by atoms with Gasteiger partial charge in [-0.2, -0.15) is 10.4 Å². The van der Waals surface area contributed by atoms with E-state index in [-0.39, 0.29) is 6.10 Å². The van der Waals surface area contributed by atoms with Crippen molar-refractivity contribution in [2.24, 2.45) is 7.05 Å². The molecular formula is C21H21N9O2. The van der Waals surface area contributed by atoms with Crippen LogP contribution in [0.25, 0.3) is 11.1 Å². The van der Waals surface area contributed by atoms with E-state index in [9.17, 15) is 5.26 Å². The van der Waals surface area contributed by atoms with E-state index in [2.05, 4.69) is 36.5 Å². The van der Waals surface area contributed by atoms with Gasteiger partial charge in [-0.15, -0.1) is 5.10 Å². The Bertz CT molecular complexity index is 1230. The summed E-state index contributed by atoms with van der Waals surface area (Å²) in [6.45, 7) is 2.42. The van der Waals surface area contributed by atoms with Crippen LogP contribution in [0, 0.1) is 11.3 Å². The molecule has 0 radical (unpaired) electrons. The average Bonchev–Trinajstić information content (AvgIpc) is 3.43. The molecule has 0 aliphatic rings. The second-order valence-corrected chi connectivity index (χ2v) is 7.01. The molecule has 3 aromatic heterocycles. The molecule has 0 aliphatic heterocycles. The maximum atomic E-state index is 9.46. The summed E-state index contributed by atoms with van der Waals surface area (Å²) in [5.41, 5.74) is 2.73. The van der Waals surface area contributed by atoms with Crippen LogP contribution in [0.5, 0.6) is 11.6 Å². The highest BCUT2D eigenvalue weighted by Gasteiger charge is 2.13. The fourth-order valence-corrected chi connectivity index (χ4v) is 3.10. The van der Waals surface area contributed by atoms with Gasteiger partial charge < -0.3 is 14.8 Å². The molecule has 0 spiro atoms. The van der Waals surface area contributed by atoms with E-state index in [4.69, 9.17) is 9.47 Å². The molecule has 0 unspecified atom stereocenters. The number of hydrogen-bond donors (Lipinski definition) is 1. The Kier molecular flexibility index (Phi) is 5.94. The molecule has 0 fully saturated rings. The number of anilines is 2. The monoisotopic (exact) mass is 431 g/mol. The van der Waals surface area contributed by atoms with E-state index in [1.165, 1.54) is 6.33 Å². The summed E-state index contributed by atoms with van der Waals surface area (Å²) in [5, 5.41) is 20.8. The van der Waals surface area contributed by atoms with Crippen LogP contribution in [0.3, 0.4) is 0 Å². The summed E-state index contributed by atoms with van der Waals surface area (Å²) >= 11 is 0. The lowest BCUT2D eigenvalue weighted by atomic mass is 10.1. The molecule has 3 heterocycles. The molecule has 1 atom stereocenters. The number of ether oxygens (including phenoxy) is 2. The average molecular weight is 431 g/mol.